The first-order valence-electron chi connectivity index (χ1n) is 6.90. The second-order valence-electron chi connectivity index (χ2n) is 5.44. The highest BCUT2D eigenvalue weighted by Crippen LogP contribution is 2.09. The minimum atomic E-state index is 0.597. The molecule has 0 aromatic carbocycles. The van der Waals surface area contributed by atoms with Gasteiger partial charge in [-0.15, -0.1) is 0 Å². The van der Waals surface area contributed by atoms with Crippen LogP contribution in [0.25, 0.3) is 0 Å². The first-order valence-corrected chi connectivity index (χ1v) is 6.90. The standard InChI is InChI=1S/C13H24N4O/c1-10(2)12-9-17(7-4-6-14-12)8-5-13-15-11(3)18-16-13/h10,12,14H,4-9H2,1-3H3. The quantitative estimate of drug-likeness (QED) is 0.874. The van der Waals surface area contributed by atoms with E-state index in [9.17, 15) is 0 Å². The number of nitrogens with one attached hydrogen (secondary N) is 1. The molecule has 0 radical (unpaired) electrons. The van der Waals surface area contributed by atoms with Crippen molar-refractivity contribution in [1.82, 2.24) is 20.4 Å². The molecule has 1 fully saturated rings. The Morgan fingerprint density at radius 1 is 1.50 bits per heavy atom. The first-order chi connectivity index (χ1) is 8.65. The zero-order valence-electron chi connectivity index (χ0n) is 11.6. The lowest BCUT2D eigenvalue weighted by Gasteiger charge is -2.26. The summed E-state index contributed by atoms with van der Waals surface area (Å²) in [5.74, 6) is 2.16. The third kappa shape index (κ3) is 3.78. The van der Waals surface area contributed by atoms with Gasteiger partial charge in [-0.2, -0.15) is 4.98 Å². The fraction of sp³-hybridized carbons (Fsp3) is 0.846. The van der Waals surface area contributed by atoms with E-state index < -0.39 is 0 Å². The van der Waals surface area contributed by atoms with Gasteiger partial charge in [-0.3, -0.25) is 0 Å². The fourth-order valence-corrected chi connectivity index (χ4v) is 2.37. The molecule has 1 aliphatic heterocycles. The Morgan fingerprint density at radius 3 is 3.00 bits per heavy atom. The maximum Gasteiger partial charge on any atom is 0.223 e. The summed E-state index contributed by atoms with van der Waals surface area (Å²) in [5, 5.41) is 7.57. The van der Waals surface area contributed by atoms with Gasteiger partial charge in [0.2, 0.25) is 5.89 Å². The van der Waals surface area contributed by atoms with Crippen molar-refractivity contribution in [1.29, 1.82) is 0 Å². The minimum Gasteiger partial charge on any atom is -0.340 e. The van der Waals surface area contributed by atoms with Crippen molar-refractivity contribution in [3.63, 3.8) is 0 Å². The second-order valence-corrected chi connectivity index (χ2v) is 5.44. The summed E-state index contributed by atoms with van der Waals surface area (Å²) in [6.45, 7) is 10.8. The van der Waals surface area contributed by atoms with Crippen molar-refractivity contribution in [2.75, 3.05) is 26.2 Å². The smallest absolute Gasteiger partial charge is 0.223 e. The lowest BCUT2D eigenvalue weighted by Crippen LogP contribution is -2.41. The summed E-state index contributed by atoms with van der Waals surface area (Å²) in [4.78, 5) is 6.76. The monoisotopic (exact) mass is 252 g/mol. The molecule has 1 aromatic rings. The van der Waals surface area contributed by atoms with Crippen molar-refractivity contribution in [2.45, 2.75) is 39.7 Å². The van der Waals surface area contributed by atoms with E-state index in [-0.39, 0.29) is 0 Å². The summed E-state index contributed by atoms with van der Waals surface area (Å²) < 4.78 is 5.00. The van der Waals surface area contributed by atoms with Crippen molar-refractivity contribution in [2.24, 2.45) is 5.92 Å². The van der Waals surface area contributed by atoms with Gasteiger partial charge in [0.1, 0.15) is 0 Å². The van der Waals surface area contributed by atoms with Gasteiger partial charge in [0.25, 0.3) is 0 Å². The second kappa shape index (κ2) is 6.29. The number of rotatable bonds is 4. The van der Waals surface area contributed by atoms with Crippen LogP contribution in [0.15, 0.2) is 4.52 Å². The summed E-state index contributed by atoms with van der Waals surface area (Å²) >= 11 is 0. The first kappa shape index (κ1) is 13.5. The Balaban J connectivity index is 1.83. The number of aryl methyl sites for hydroxylation is 1. The van der Waals surface area contributed by atoms with Crippen LogP contribution in [0.4, 0.5) is 0 Å². The zero-order chi connectivity index (χ0) is 13.0. The van der Waals surface area contributed by atoms with Crippen LogP contribution in [0.3, 0.4) is 0 Å². The molecular formula is C13H24N4O. The Hall–Kier alpha value is -0.940. The van der Waals surface area contributed by atoms with Crippen LogP contribution in [-0.2, 0) is 6.42 Å². The highest BCUT2D eigenvalue weighted by molar-refractivity contribution is 4.86. The molecule has 1 aliphatic rings. The van der Waals surface area contributed by atoms with Gasteiger partial charge < -0.3 is 14.7 Å². The van der Waals surface area contributed by atoms with Crippen LogP contribution in [0.2, 0.25) is 0 Å². The molecule has 1 atom stereocenters. The van der Waals surface area contributed by atoms with Gasteiger partial charge >= 0.3 is 0 Å². The molecule has 5 heteroatoms. The lowest BCUT2D eigenvalue weighted by molar-refractivity contribution is 0.246. The normalized spacial score (nSPS) is 22.3. The number of hydrogen-bond acceptors (Lipinski definition) is 5. The van der Waals surface area contributed by atoms with Gasteiger partial charge in [-0.1, -0.05) is 19.0 Å². The molecule has 18 heavy (non-hydrogen) atoms. The van der Waals surface area contributed by atoms with Crippen molar-refractivity contribution >= 4 is 0 Å². The third-order valence-electron chi connectivity index (χ3n) is 3.54. The summed E-state index contributed by atoms with van der Waals surface area (Å²) in [5.41, 5.74) is 0. The molecule has 0 bridgehead atoms. The van der Waals surface area contributed by atoms with E-state index in [1.165, 1.54) is 6.42 Å². The maximum atomic E-state index is 5.00. The number of hydrogen-bond donors (Lipinski definition) is 1. The third-order valence-corrected chi connectivity index (χ3v) is 3.54. The van der Waals surface area contributed by atoms with Gasteiger partial charge in [0, 0.05) is 32.5 Å². The molecule has 2 heterocycles. The predicted octanol–water partition coefficient (Wildman–Crippen LogP) is 1.24. The van der Waals surface area contributed by atoms with Crippen molar-refractivity contribution < 1.29 is 4.52 Å². The van der Waals surface area contributed by atoms with Crippen LogP contribution in [0, 0.1) is 12.8 Å². The molecule has 0 saturated carbocycles. The molecule has 1 N–H and O–H groups in total. The molecule has 5 nitrogen and oxygen atoms in total. The Bertz CT molecular complexity index is 364. The molecule has 0 aliphatic carbocycles. The highest BCUT2D eigenvalue weighted by atomic mass is 16.5. The zero-order valence-corrected chi connectivity index (χ0v) is 11.6. The summed E-state index contributed by atoms with van der Waals surface area (Å²) in [6.07, 6.45) is 2.09. The molecule has 1 saturated heterocycles. The topological polar surface area (TPSA) is 54.2 Å². The van der Waals surface area contributed by atoms with Gasteiger partial charge in [0.15, 0.2) is 5.82 Å². The van der Waals surface area contributed by atoms with E-state index in [0.29, 0.717) is 17.9 Å². The lowest BCUT2D eigenvalue weighted by atomic mass is 10.0. The van der Waals surface area contributed by atoms with E-state index in [1.807, 2.05) is 6.92 Å². The molecule has 2 rings (SSSR count). The molecule has 0 spiro atoms. The van der Waals surface area contributed by atoms with Crippen LogP contribution >= 0.6 is 0 Å². The van der Waals surface area contributed by atoms with Gasteiger partial charge in [-0.25, -0.2) is 0 Å². The van der Waals surface area contributed by atoms with E-state index in [2.05, 4.69) is 34.2 Å². The molecular weight excluding hydrogens is 228 g/mol. The Labute approximate surface area is 109 Å². The maximum absolute atomic E-state index is 5.00. The fourth-order valence-electron chi connectivity index (χ4n) is 2.37. The van der Waals surface area contributed by atoms with Crippen LogP contribution in [0.5, 0.6) is 0 Å². The van der Waals surface area contributed by atoms with Gasteiger partial charge in [-0.05, 0) is 25.4 Å². The van der Waals surface area contributed by atoms with Crippen LogP contribution in [-0.4, -0.2) is 47.3 Å². The average molecular weight is 252 g/mol. The van der Waals surface area contributed by atoms with E-state index >= 15 is 0 Å². The van der Waals surface area contributed by atoms with Gasteiger partial charge in [0.05, 0.1) is 0 Å². The molecule has 1 aromatic heterocycles. The highest BCUT2D eigenvalue weighted by Gasteiger charge is 2.20. The largest absolute Gasteiger partial charge is 0.340 e. The molecule has 0 amide bonds. The molecule has 1 unspecified atom stereocenters. The van der Waals surface area contributed by atoms with E-state index in [0.717, 1.165) is 38.4 Å². The van der Waals surface area contributed by atoms with E-state index in [1.54, 1.807) is 0 Å². The van der Waals surface area contributed by atoms with E-state index in [4.69, 9.17) is 4.52 Å². The predicted molar refractivity (Wildman–Crippen MR) is 70.4 cm³/mol. The van der Waals surface area contributed by atoms with Crippen LogP contribution < -0.4 is 5.32 Å². The van der Waals surface area contributed by atoms with Crippen LogP contribution in [0.1, 0.15) is 32.0 Å². The Morgan fingerprint density at radius 2 is 2.33 bits per heavy atom. The summed E-state index contributed by atoms with van der Waals surface area (Å²) in [6, 6.07) is 0.597. The van der Waals surface area contributed by atoms with Crippen molar-refractivity contribution in [3.05, 3.63) is 11.7 Å². The number of aromatic nitrogens is 2. The SMILES string of the molecule is Cc1nc(CCN2CCCNC(C(C)C)C2)no1. The Kier molecular flexibility index (Phi) is 4.72. The number of nitrogens with zero attached hydrogens (tertiary/aromatic N) is 3. The minimum absolute atomic E-state index is 0.597. The van der Waals surface area contributed by atoms with Crippen molar-refractivity contribution in [3.8, 4) is 0 Å². The average Bonchev–Trinajstić information content (AvgIpc) is 2.62. The summed E-state index contributed by atoms with van der Waals surface area (Å²) in [7, 11) is 0. The molecule has 102 valence electrons.